The monoisotopic (exact) mass is 243 g/mol. The summed E-state index contributed by atoms with van der Waals surface area (Å²) in [6.45, 7) is 0. The lowest BCUT2D eigenvalue weighted by molar-refractivity contribution is 0.484. The Morgan fingerprint density at radius 3 is 2.67 bits per heavy atom. The van der Waals surface area contributed by atoms with Crippen molar-refractivity contribution in [2.45, 2.75) is 4.90 Å². The molecule has 1 aromatic heterocycles. The molecule has 0 aliphatic heterocycles. The Morgan fingerprint density at radius 1 is 1.27 bits per heavy atom. The molecule has 15 heavy (non-hydrogen) atoms. The van der Waals surface area contributed by atoms with Gasteiger partial charge in [0.25, 0.3) is 10.1 Å². The quantitative estimate of drug-likeness (QED) is 0.780. The van der Waals surface area contributed by atoms with Gasteiger partial charge in [-0.25, -0.2) is 0 Å². The molecule has 78 valence electrons. The fourth-order valence-corrected chi connectivity index (χ4v) is 2.23. The van der Waals surface area contributed by atoms with Crippen molar-refractivity contribution in [3.05, 3.63) is 35.5 Å². The predicted molar refractivity (Wildman–Crippen MR) is 56.6 cm³/mol. The van der Waals surface area contributed by atoms with Gasteiger partial charge in [0.2, 0.25) is 0 Å². The summed E-state index contributed by atoms with van der Waals surface area (Å²) in [6, 6.07) is 5.76. The topological polar surface area (TPSA) is 67.3 Å². The SMILES string of the molecule is O=S(=O)(O)c1ccc(Cl)c2ncccc12. The lowest BCUT2D eigenvalue weighted by Crippen LogP contribution is -1.99. The number of hydrogen-bond acceptors (Lipinski definition) is 3. The molecule has 0 saturated heterocycles. The van der Waals surface area contributed by atoms with Crippen molar-refractivity contribution < 1.29 is 13.0 Å². The molecule has 2 rings (SSSR count). The van der Waals surface area contributed by atoms with E-state index >= 15 is 0 Å². The van der Waals surface area contributed by atoms with E-state index in [-0.39, 0.29) is 4.90 Å². The van der Waals surface area contributed by atoms with E-state index in [0.29, 0.717) is 15.9 Å². The van der Waals surface area contributed by atoms with Crippen molar-refractivity contribution in [2.24, 2.45) is 0 Å². The largest absolute Gasteiger partial charge is 0.295 e. The van der Waals surface area contributed by atoms with Crippen molar-refractivity contribution in [1.82, 2.24) is 4.98 Å². The molecular formula is C9H6ClNO3S. The highest BCUT2D eigenvalue weighted by atomic mass is 35.5. The molecule has 1 aromatic carbocycles. The molecule has 2 aromatic rings. The third kappa shape index (κ3) is 1.81. The van der Waals surface area contributed by atoms with Crippen LogP contribution in [0, 0.1) is 0 Å². The first-order chi connectivity index (χ1) is 7.00. The molecular weight excluding hydrogens is 238 g/mol. The minimum atomic E-state index is -4.24. The molecule has 0 atom stereocenters. The highest BCUT2D eigenvalue weighted by Crippen LogP contribution is 2.27. The van der Waals surface area contributed by atoms with Crippen LogP contribution >= 0.6 is 11.6 Å². The van der Waals surface area contributed by atoms with Crippen LogP contribution in [-0.2, 0) is 10.1 Å². The van der Waals surface area contributed by atoms with Crippen LogP contribution in [-0.4, -0.2) is 18.0 Å². The number of hydrogen-bond donors (Lipinski definition) is 1. The third-order valence-corrected chi connectivity index (χ3v) is 3.18. The lowest BCUT2D eigenvalue weighted by Gasteiger charge is -2.03. The van der Waals surface area contributed by atoms with E-state index in [9.17, 15) is 8.42 Å². The van der Waals surface area contributed by atoms with Gasteiger partial charge in [-0.2, -0.15) is 8.42 Å². The van der Waals surface area contributed by atoms with E-state index in [4.69, 9.17) is 16.2 Å². The summed E-state index contributed by atoms with van der Waals surface area (Å²) in [5.41, 5.74) is 0.356. The normalized spacial score (nSPS) is 11.9. The van der Waals surface area contributed by atoms with E-state index in [1.165, 1.54) is 24.4 Å². The molecule has 0 spiro atoms. The number of rotatable bonds is 1. The average Bonchev–Trinajstić information content (AvgIpc) is 2.17. The van der Waals surface area contributed by atoms with Gasteiger partial charge >= 0.3 is 0 Å². The maximum Gasteiger partial charge on any atom is 0.295 e. The highest BCUT2D eigenvalue weighted by Gasteiger charge is 2.15. The molecule has 0 radical (unpaired) electrons. The van der Waals surface area contributed by atoms with Crippen molar-refractivity contribution in [2.75, 3.05) is 0 Å². The summed E-state index contributed by atoms with van der Waals surface area (Å²) in [5.74, 6) is 0. The highest BCUT2D eigenvalue weighted by molar-refractivity contribution is 7.86. The summed E-state index contributed by atoms with van der Waals surface area (Å²) in [4.78, 5) is 3.76. The van der Waals surface area contributed by atoms with Crippen LogP contribution in [0.2, 0.25) is 5.02 Å². The number of pyridine rings is 1. The van der Waals surface area contributed by atoms with E-state index in [1.54, 1.807) is 6.07 Å². The second-order valence-electron chi connectivity index (χ2n) is 2.92. The zero-order chi connectivity index (χ0) is 11.1. The lowest BCUT2D eigenvalue weighted by atomic mass is 10.2. The zero-order valence-corrected chi connectivity index (χ0v) is 8.96. The molecule has 1 N–H and O–H groups in total. The Kier molecular flexibility index (Phi) is 2.38. The second kappa shape index (κ2) is 3.44. The number of halogens is 1. The Morgan fingerprint density at radius 2 is 2.00 bits per heavy atom. The molecule has 0 bridgehead atoms. The number of nitrogens with zero attached hydrogens (tertiary/aromatic N) is 1. The van der Waals surface area contributed by atoms with Gasteiger partial charge in [0.15, 0.2) is 0 Å². The van der Waals surface area contributed by atoms with E-state index in [0.717, 1.165) is 0 Å². The van der Waals surface area contributed by atoms with Gasteiger partial charge in [0.1, 0.15) is 4.90 Å². The molecule has 0 unspecified atom stereocenters. The summed E-state index contributed by atoms with van der Waals surface area (Å²) in [7, 11) is -4.24. The summed E-state index contributed by atoms with van der Waals surface area (Å²) in [5, 5.41) is 0.658. The van der Waals surface area contributed by atoms with Crippen LogP contribution in [0.4, 0.5) is 0 Å². The van der Waals surface area contributed by atoms with Crippen LogP contribution in [0.25, 0.3) is 10.9 Å². The van der Waals surface area contributed by atoms with Crippen molar-refractivity contribution in [3.63, 3.8) is 0 Å². The molecule has 0 amide bonds. The third-order valence-electron chi connectivity index (χ3n) is 1.96. The van der Waals surface area contributed by atoms with Crippen LogP contribution in [0.15, 0.2) is 35.4 Å². The Balaban J connectivity index is 2.96. The van der Waals surface area contributed by atoms with Gasteiger partial charge in [-0.3, -0.25) is 9.54 Å². The van der Waals surface area contributed by atoms with Gasteiger partial charge in [0, 0.05) is 11.6 Å². The van der Waals surface area contributed by atoms with E-state index in [2.05, 4.69) is 4.98 Å². The van der Waals surface area contributed by atoms with Crippen molar-refractivity contribution >= 4 is 32.6 Å². The van der Waals surface area contributed by atoms with E-state index < -0.39 is 10.1 Å². The fraction of sp³-hybridized carbons (Fsp3) is 0. The van der Waals surface area contributed by atoms with Crippen LogP contribution in [0.5, 0.6) is 0 Å². The Bertz CT molecular complexity index is 624. The molecule has 0 fully saturated rings. The maximum absolute atomic E-state index is 11.0. The molecule has 6 heteroatoms. The molecule has 0 aliphatic carbocycles. The van der Waals surface area contributed by atoms with Crippen molar-refractivity contribution in [3.8, 4) is 0 Å². The van der Waals surface area contributed by atoms with Crippen molar-refractivity contribution in [1.29, 1.82) is 0 Å². The van der Waals surface area contributed by atoms with Gasteiger partial charge in [-0.05, 0) is 24.3 Å². The van der Waals surface area contributed by atoms with Crippen LogP contribution < -0.4 is 0 Å². The maximum atomic E-state index is 11.0. The van der Waals surface area contributed by atoms with Gasteiger partial charge in [0.05, 0.1) is 10.5 Å². The first-order valence-corrected chi connectivity index (χ1v) is 5.82. The summed E-state index contributed by atoms with van der Waals surface area (Å²) >= 11 is 5.84. The van der Waals surface area contributed by atoms with Gasteiger partial charge in [-0.15, -0.1) is 0 Å². The molecule has 1 heterocycles. The zero-order valence-electron chi connectivity index (χ0n) is 7.38. The fourth-order valence-electron chi connectivity index (χ4n) is 1.34. The van der Waals surface area contributed by atoms with Crippen LogP contribution in [0.3, 0.4) is 0 Å². The summed E-state index contributed by atoms with van der Waals surface area (Å²) < 4.78 is 31.1. The molecule has 0 saturated carbocycles. The Labute approximate surface area is 91.3 Å². The number of benzene rings is 1. The second-order valence-corrected chi connectivity index (χ2v) is 4.72. The summed E-state index contributed by atoms with van der Waals surface area (Å²) in [6.07, 6.45) is 1.50. The average molecular weight is 244 g/mol. The Hall–Kier alpha value is -1.17. The minimum absolute atomic E-state index is 0.185. The van der Waals surface area contributed by atoms with Gasteiger partial charge < -0.3 is 0 Å². The van der Waals surface area contributed by atoms with Gasteiger partial charge in [-0.1, -0.05) is 11.6 Å². The first-order valence-electron chi connectivity index (χ1n) is 4.01. The van der Waals surface area contributed by atoms with E-state index in [1.807, 2.05) is 0 Å². The first kappa shape index (κ1) is 10.4. The smallest absolute Gasteiger partial charge is 0.282 e. The van der Waals surface area contributed by atoms with Crippen LogP contribution in [0.1, 0.15) is 0 Å². The molecule has 0 aliphatic rings. The predicted octanol–water partition coefficient (Wildman–Crippen LogP) is 2.13. The molecule has 4 nitrogen and oxygen atoms in total. The standard InChI is InChI=1S/C9H6ClNO3S/c10-7-3-4-8(15(12,13)14)6-2-1-5-11-9(6)7/h1-5H,(H,12,13,14). The number of fused-ring (bicyclic) bond motifs is 1. The minimum Gasteiger partial charge on any atom is -0.282 e. The number of aromatic nitrogens is 1.